The lowest BCUT2D eigenvalue weighted by molar-refractivity contribution is 0.607. The van der Waals surface area contributed by atoms with Crippen molar-refractivity contribution < 1.29 is 8.42 Å². The molecule has 0 fully saturated rings. The molecule has 23 heavy (non-hydrogen) atoms. The predicted molar refractivity (Wildman–Crippen MR) is 88.9 cm³/mol. The molecule has 7 nitrogen and oxygen atoms in total. The number of aromatic amines is 2. The molecule has 8 heteroatoms. The molecule has 0 spiro atoms. The van der Waals surface area contributed by atoms with Gasteiger partial charge in [0, 0.05) is 0 Å². The number of hydrogen-bond acceptors (Lipinski definition) is 3. The second kappa shape index (κ2) is 4.88. The Morgan fingerprint density at radius 1 is 0.783 bits per heavy atom. The number of nitrogens with one attached hydrogen (secondary N) is 4. The minimum absolute atomic E-state index is 0.212. The van der Waals surface area contributed by atoms with Gasteiger partial charge in [0.1, 0.15) is 0 Å². The molecule has 0 saturated carbocycles. The van der Waals surface area contributed by atoms with Gasteiger partial charge in [-0.15, -0.1) is 0 Å². The summed E-state index contributed by atoms with van der Waals surface area (Å²) in [6.07, 6.45) is 1.57. The molecule has 0 amide bonds. The molecule has 2 heterocycles. The van der Waals surface area contributed by atoms with E-state index in [0.717, 1.165) is 35.0 Å². The number of hydrogen-bond donors (Lipinski definition) is 4. The second-order valence-corrected chi connectivity index (χ2v) is 6.96. The van der Waals surface area contributed by atoms with Gasteiger partial charge >= 0.3 is 15.9 Å². The summed E-state index contributed by atoms with van der Waals surface area (Å²) in [5.74, 6) is 0. The van der Waals surface area contributed by atoms with E-state index in [0.29, 0.717) is 11.4 Å². The van der Waals surface area contributed by atoms with E-state index in [4.69, 9.17) is 0 Å². The van der Waals surface area contributed by atoms with Gasteiger partial charge in [-0.3, -0.25) is 9.44 Å². The smallest absolute Gasteiger partial charge is 0.306 e. The first-order valence-electron chi connectivity index (χ1n) is 7.13. The SMILES string of the molecule is O=c1[nH]c2ccc(CCc3ccc4c(c3)NS(=O)(=O)N4)cc2[nH]1. The van der Waals surface area contributed by atoms with Crippen LogP contribution in [0.4, 0.5) is 11.4 Å². The van der Waals surface area contributed by atoms with Crippen molar-refractivity contribution in [3.63, 3.8) is 0 Å². The van der Waals surface area contributed by atoms with Crippen molar-refractivity contribution in [3.8, 4) is 0 Å². The monoisotopic (exact) mass is 330 g/mol. The molecule has 0 atom stereocenters. The fourth-order valence-electron chi connectivity index (χ4n) is 2.76. The van der Waals surface area contributed by atoms with Gasteiger partial charge in [0.2, 0.25) is 0 Å². The molecule has 4 N–H and O–H groups in total. The number of benzene rings is 2. The number of H-pyrrole nitrogens is 2. The standard InChI is InChI=1S/C15H14N4O3S/c20-15-16-11-5-3-9(7-13(11)17-15)1-2-10-4-6-12-14(8-10)19-23(21,22)18-12/h3-8,18-19H,1-2H2,(H2,16,17,20). The fraction of sp³-hybridized carbons (Fsp3) is 0.133. The van der Waals surface area contributed by atoms with Crippen LogP contribution in [-0.2, 0) is 23.1 Å². The molecule has 0 aliphatic carbocycles. The zero-order chi connectivity index (χ0) is 16.0. The van der Waals surface area contributed by atoms with E-state index in [2.05, 4.69) is 19.4 Å². The summed E-state index contributed by atoms with van der Waals surface area (Å²) in [6.45, 7) is 0. The zero-order valence-electron chi connectivity index (χ0n) is 12.0. The Bertz CT molecular complexity index is 1070. The third-order valence-electron chi connectivity index (χ3n) is 3.86. The van der Waals surface area contributed by atoms with Crippen molar-refractivity contribution in [1.82, 2.24) is 9.97 Å². The zero-order valence-corrected chi connectivity index (χ0v) is 12.8. The molecule has 0 radical (unpaired) electrons. The summed E-state index contributed by atoms with van der Waals surface area (Å²) < 4.78 is 27.8. The third kappa shape index (κ3) is 2.68. The topological polar surface area (TPSA) is 107 Å². The van der Waals surface area contributed by atoms with Crippen molar-refractivity contribution in [1.29, 1.82) is 0 Å². The molecule has 2 aromatic carbocycles. The highest BCUT2D eigenvalue weighted by atomic mass is 32.2. The first-order valence-corrected chi connectivity index (χ1v) is 8.61. The lowest BCUT2D eigenvalue weighted by Crippen LogP contribution is -2.12. The second-order valence-electron chi connectivity index (χ2n) is 5.55. The predicted octanol–water partition coefficient (Wildman–Crippen LogP) is 1.72. The van der Waals surface area contributed by atoms with Crippen LogP contribution in [0.2, 0.25) is 0 Å². The van der Waals surface area contributed by atoms with Gasteiger partial charge in [-0.2, -0.15) is 8.42 Å². The van der Waals surface area contributed by atoms with Crippen LogP contribution in [0.25, 0.3) is 11.0 Å². The van der Waals surface area contributed by atoms with Crippen LogP contribution >= 0.6 is 0 Å². The Labute approximate surface area is 131 Å². The summed E-state index contributed by atoms with van der Waals surface area (Å²) >= 11 is 0. The minimum Gasteiger partial charge on any atom is -0.306 e. The lowest BCUT2D eigenvalue weighted by Gasteiger charge is -2.04. The normalized spacial score (nSPS) is 15.1. The van der Waals surface area contributed by atoms with Crippen molar-refractivity contribution in [2.75, 3.05) is 9.44 Å². The van der Waals surface area contributed by atoms with Gasteiger partial charge in [0.05, 0.1) is 22.4 Å². The number of aryl methyl sites for hydroxylation is 2. The summed E-state index contributed by atoms with van der Waals surface area (Å²) in [4.78, 5) is 16.7. The number of rotatable bonds is 3. The van der Waals surface area contributed by atoms with Crippen molar-refractivity contribution >= 4 is 32.6 Å². The highest BCUT2D eigenvalue weighted by Crippen LogP contribution is 2.30. The third-order valence-corrected chi connectivity index (χ3v) is 4.83. The number of fused-ring (bicyclic) bond motifs is 2. The Morgan fingerprint density at radius 2 is 1.43 bits per heavy atom. The maximum Gasteiger partial charge on any atom is 0.323 e. The highest BCUT2D eigenvalue weighted by molar-refractivity contribution is 7.94. The molecule has 0 bridgehead atoms. The van der Waals surface area contributed by atoms with Crippen LogP contribution in [0.1, 0.15) is 11.1 Å². The Hall–Kier alpha value is -2.74. The molecule has 0 saturated heterocycles. The lowest BCUT2D eigenvalue weighted by atomic mass is 10.0. The maximum atomic E-state index is 11.5. The van der Waals surface area contributed by atoms with E-state index in [9.17, 15) is 13.2 Å². The quantitative estimate of drug-likeness (QED) is 0.587. The molecule has 1 aliphatic rings. The van der Waals surface area contributed by atoms with Crippen LogP contribution in [-0.4, -0.2) is 18.4 Å². The Balaban J connectivity index is 1.53. The van der Waals surface area contributed by atoms with E-state index in [1.54, 1.807) is 6.07 Å². The average Bonchev–Trinajstić information content (AvgIpc) is 3.00. The molecule has 1 aromatic heterocycles. The largest absolute Gasteiger partial charge is 0.323 e. The fourth-order valence-corrected chi connectivity index (χ4v) is 3.74. The summed E-state index contributed by atoms with van der Waals surface area (Å²) in [5, 5.41) is 0. The first kappa shape index (κ1) is 13.9. The van der Waals surface area contributed by atoms with Crippen molar-refractivity contribution in [2.45, 2.75) is 12.8 Å². The number of imidazole rings is 1. The first-order chi connectivity index (χ1) is 11.0. The molecular weight excluding hydrogens is 316 g/mol. The van der Waals surface area contributed by atoms with Crippen LogP contribution in [0, 0.1) is 0 Å². The van der Waals surface area contributed by atoms with Gasteiger partial charge in [-0.25, -0.2) is 4.79 Å². The van der Waals surface area contributed by atoms with Gasteiger partial charge in [0.25, 0.3) is 0 Å². The van der Waals surface area contributed by atoms with Gasteiger partial charge in [0.15, 0.2) is 0 Å². The summed E-state index contributed by atoms with van der Waals surface area (Å²) in [7, 11) is -3.45. The van der Waals surface area contributed by atoms with Crippen LogP contribution < -0.4 is 15.1 Å². The van der Waals surface area contributed by atoms with E-state index >= 15 is 0 Å². The average molecular weight is 330 g/mol. The molecule has 1 aliphatic heterocycles. The van der Waals surface area contributed by atoms with Crippen LogP contribution in [0.15, 0.2) is 41.2 Å². The molecule has 4 rings (SSSR count). The van der Waals surface area contributed by atoms with Crippen molar-refractivity contribution in [2.24, 2.45) is 0 Å². The highest BCUT2D eigenvalue weighted by Gasteiger charge is 2.21. The van der Waals surface area contributed by atoms with Gasteiger partial charge < -0.3 is 9.97 Å². The van der Waals surface area contributed by atoms with Gasteiger partial charge in [-0.1, -0.05) is 12.1 Å². The van der Waals surface area contributed by atoms with E-state index in [-0.39, 0.29) is 5.69 Å². The number of aromatic nitrogens is 2. The minimum atomic E-state index is -3.45. The van der Waals surface area contributed by atoms with E-state index < -0.39 is 10.2 Å². The van der Waals surface area contributed by atoms with Crippen LogP contribution in [0.3, 0.4) is 0 Å². The van der Waals surface area contributed by atoms with E-state index in [1.807, 2.05) is 30.3 Å². The van der Waals surface area contributed by atoms with E-state index in [1.165, 1.54) is 0 Å². The van der Waals surface area contributed by atoms with Crippen LogP contribution in [0.5, 0.6) is 0 Å². The Morgan fingerprint density at radius 3 is 2.26 bits per heavy atom. The van der Waals surface area contributed by atoms with Gasteiger partial charge in [-0.05, 0) is 48.2 Å². The Kier molecular flexibility index (Phi) is 2.95. The number of anilines is 2. The van der Waals surface area contributed by atoms with Crippen molar-refractivity contribution in [3.05, 3.63) is 58.0 Å². The summed E-state index contributed by atoms with van der Waals surface area (Å²) in [5.41, 5.74) is 4.66. The molecule has 118 valence electrons. The molecular formula is C15H14N4O3S. The maximum absolute atomic E-state index is 11.5. The molecule has 3 aromatic rings. The summed E-state index contributed by atoms with van der Waals surface area (Å²) in [6, 6.07) is 11.3. The molecule has 0 unspecified atom stereocenters.